The summed E-state index contributed by atoms with van der Waals surface area (Å²) >= 11 is 0. The molecule has 4 aromatic carbocycles. The third kappa shape index (κ3) is 10.7. The maximum Gasteiger partial charge on any atom is 0.325 e. The quantitative estimate of drug-likeness (QED) is 0.0826. The van der Waals surface area contributed by atoms with Crippen LogP contribution in [-0.2, 0) is 58.5 Å². The van der Waals surface area contributed by atoms with Crippen LogP contribution in [-0.4, -0.2) is 86.8 Å². The lowest BCUT2D eigenvalue weighted by Gasteiger charge is -2.16. The smallest absolute Gasteiger partial charge is 0.325 e. The number of rotatable bonds is 13. The van der Waals surface area contributed by atoms with Crippen LogP contribution < -0.4 is 31.9 Å². The van der Waals surface area contributed by atoms with Crippen LogP contribution in [0.15, 0.2) is 124 Å². The Labute approximate surface area is 414 Å². The van der Waals surface area contributed by atoms with Crippen LogP contribution in [0.4, 0.5) is 39.4 Å². The van der Waals surface area contributed by atoms with Crippen LogP contribution in [0.25, 0.3) is 21.5 Å². The molecule has 378 valence electrons. The van der Waals surface area contributed by atoms with Crippen molar-refractivity contribution in [2.45, 2.75) is 21.6 Å². The third-order valence-corrected chi connectivity index (χ3v) is 14.1. The van der Waals surface area contributed by atoms with Crippen molar-refractivity contribution in [3.63, 3.8) is 0 Å². The first-order valence-corrected chi connectivity index (χ1v) is 25.3. The Morgan fingerprint density at radius 3 is 1.11 bits per heavy atom. The molecule has 0 atom stereocenters. The number of carbonyl (C=O) groups is 5. The molecule has 8 rings (SSSR count). The molecule has 0 aliphatic carbocycles. The number of nitrogens with one attached hydrogen (secondary N) is 6. The topological polar surface area (TPSA) is 349 Å². The molecular formula is C46H39N10O14S3-3. The maximum atomic E-state index is 13.4. The SMILES string of the molecule is Cc1ccc2c(NC(=O)c3cc(NC(=O)c4cc(NC(=O)Nc5cc(C(=O)Nc6cc(C(=O)Nc7ccc(S(=O)(=O)[O-])c8cc(S(=O)(=O)[O-])ccc78)cn6C)cn5C)n(C)c4)n(C)c3)ccc(S(=O)(=O)[O-])c2c1. The van der Waals surface area contributed by atoms with Crippen molar-refractivity contribution in [1.29, 1.82) is 0 Å². The number of carbonyl (C=O) groups excluding carboxylic acids is 5. The first-order valence-electron chi connectivity index (χ1n) is 21.1. The number of aromatic nitrogens is 4. The number of aryl methyl sites for hydroxylation is 5. The van der Waals surface area contributed by atoms with Gasteiger partial charge < -0.3 is 53.2 Å². The molecule has 4 heterocycles. The summed E-state index contributed by atoms with van der Waals surface area (Å²) in [6.45, 7) is 1.73. The molecular weight excluding hydrogens is 1010 g/mol. The van der Waals surface area contributed by atoms with Gasteiger partial charge in [-0.3, -0.25) is 29.8 Å². The molecule has 0 aliphatic rings. The van der Waals surface area contributed by atoms with E-state index in [1.165, 1.54) is 86.5 Å². The van der Waals surface area contributed by atoms with E-state index in [1.807, 2.05) is 0 Å². The Balaban J connectivity index is 0.884. The van der Waals surface area contributed by atoms with Crippen LogP contribution in [0.2, 0.25) is 0 Å². The summed E-state index contributed by atoms with van der Waals surface area (Å²) in [5, 5.41) is 16.0. The number of nitrogens with zero attached hydrogens (tertiary/aromatic N) is 4. The van der Waals surface area contributed by atoms with E-state index >= 15 is 0 Å². The van der Waals surface area contributed by atoms with Crippen LogP contribution in [0, 0.1) is 6.92 Å². The lowest BCUT2D eigenvalue weighted by molar-refractivity contribution is 0.101. The van der Waals surface area contributed by atoms with Gasteiger partial charge in [0.25, 0.3) is 23.6 Å². The largest absolute Gasteiger partial charge is 0.744 e. The minimum Gasteiger partial charge on any atom is -0.744 e. The second-order valence-electron chi connectivity index (χ2n) is 16.6. The van der Waals surface area contributed by atoms with Crippen molar-refractivity contribution in [1.82, 2.24) is 18.3 Å². The van der Waals surface area contributed by atoms with Crippen molar-refractivity contribution >= 4 is 116 Å². The van der Waals surface area contributed by atoms with Gasteiger partial charge in [0.1, 0.15) is 53.6 Å². The Morgan fingerprint density at radius 1 is 0.397 bits per heavy atom. The number of hydrogen-bond donors (Lipinski definition) is 6. The third-order valence-electron chi connectivity index (χ3n) is 11.4. The fourth-order valence-corrected chi connectivity index (χ4v) is 9.67. The first-order chi connectivity index (χ1) is 34.1. The molecule has 4 aromatic heterocycles. The van der Waals surface area contributed by atoms with Gasteiger partial charge in [0.15, 0.2) is 0 Å². The Kier molecular flexibility index (Phi) is 13.1. The van der Waals surface area contributed by atoms with Gasteiger partial charge in [-0.05, 0) is 67.6 Å². The summed E-state index contributed by atoms with van der Waals surface area (Å²) in [5.74, 6) is -1.78. The summed E-state index contributed by atoms with van der Waals surface area (Å²) in [6, 6.07) is 16.8. The summed E-state index contributed by atoms with van der Waals surface area (Å²) in [4.78, 5) is 64.7. The standard InChI is InChI=1S/C46H42N10O14S3/c1-24-6-8-30-32(14-24)36(72(65,66)67)12-10-34(30)47-42(57)25-15-38(53(2)20-25)49-44(59)27-17-40(55(4)22-27)51-46(61)52-41-18-28(23-56(41)5)45(60)50-39-16-26(21-54(39)3)43(58)48-35-11-13-37(73(68,69)70)33-19-29(71(62,63)64)7-9-31(33)35/h6-23H,1-5H3,(H,47,57)(H,48,58)(H,49,59)(H,50,60)(H2,51,52,61)(H,62,63,64)(H,65,66,67)(H,68,69,70)/p-3. The zero-order chi connectivity index (χ0) is 53.1. The van der Waals surface area contributed by atoms with Crippen LogP contribution in [0.1, 0.15) is 47.0 Å². The molecule has 6 N–H and O–H groups in total. The number of hydrogen-bond acceptors (Lipinski definition) is 14. The predicted octanol–water partition coefficient (Wildman–Crippen LogP) is 5.02. The molecule has 6 amide bonds. The fraction of sp³-hybridized carbons (Fsp3) is 0.109. The Bertz CT molecular complexity index is 4020. The summed E-state index contributed by atoms with van der Waals surface area (Å²) in [7, 11) is -8.71. The average molecular weight is 1050 g/mol. The van der Waals surface area contributed by atoms with Crippen molar-refractivity contribution in [2.75, 3.05) is 31.9 Å². The van der Waals surface area contributed by atoms with Crippen molar-refractivity contribution in [3.8, 4) is 0 Å². The van der Waals surface area contributed by atoms with E-state index in [4.69, 9.17) is 0 Å². The van der Waals surface area contributed by atoms with Crippen molar-refractivity contribution < 1.29 is 62.9 Å². The van der Waals surface area contributed by atoms with Gasteiger partial charge in [-0.15, -0.1) is 0 Å². The summed E-state index contributed by atoms with van der Waals surface area (Å²) in [5.41, 5.74) is 1.33. The monoisotopic (exact) mass is 1050 g/mol. The highest BCUT2D eigenvalue weighted by molar-refractivity contribution is 7.86. The fourth-order valence-electron chi connectivity index (χ4n) is 7.83. The van der Waals surface area contributed by atoms with E-state index in [1.54, 1.807) is 40.2 Å². The van der Waals surface area contributed by atoms with Gasteiger partial charge in [-0.1, -0.05) is 29.8 Å². The molecule has 0 bridgehead atoms. The molecule has 0 aliphatic heterocycles. The molecule has 0 saturated heterocycles. The minimum atomic E-state index is -5.14. The second-order valence-corrected chi connectivity index (χ2v) is 20.7. The maximum absolute atomic E-state index is 13.4. The van der Waals surface area contributed by atoms with Crippen molar-refractivity contribution in [3.05, 3.63) is 138 Å². The van der Waals surface area contributed by atoms with Gasteiger partial charge in [0.2, 0.25) is 0 Å². The van der Waals surface area contributed by atoms with Crippen LogP contribution >= 0.6 is 0 Å². The molecule has 27 heteroatoms. The van der Waals surface area contributed by atoms with E-state index in [-0.39, 0.29) is 67.7 Å². The number of anilines is 6. The predicted molar refractivity (Wildman–Crippen MR) is 263 cm³/mol. The van der Waals surface area contributed by atoms with Gasteiger partial charge in [0.05, 0.1) is 36.9 Å². The molecule has 0 unspecified atom stereocenters. The van der Waals surface area contributed by atoms with E-state index in [2.05, 4.69) is 31.9 Å². The van der Waals surface area contributed by atoms with E-state index in [9.17, 15) is 62.9 Å². The van der Waals surface area contributed by atoms with Gasteiger partial charge in [-0.25, -0.2) is 30.0 Å². The Morgan fingerprint density at radius 2 is 0.740 bits per heavy atom. The second kappa shape index (κ2) is 18.9. The lowest BCUT2D eigenvalue weighted by Crippen LogP contribution is -2.22. The molecule has 0 saturated carbocycles. The summed E-state index contributed by atoms with van der Waals surface area (Å²) < 4.78 is 112. The molecule has 0 radical (unpaired) electrons. The van der Waals surface area contributed by atoms with E-state index in [0.717, 1.165) is 36.4 Å². The van der Waals surface area contributed by atoms with Crippen LogP contribution in [0.3, 0.4) is 0 Å². The van der Waals surface area contributed by atoms with Crippen molar-refractivity contribution in [2.24, 2.45) is 28.2 Å². The molecule has 8 aromatic rings. The Hall–Kier alpha value is -8.60. The number of urea groups is 1. The zero-order valence-electron chi connectivity index (χ0n) is 38.6. The van der Waals surface area contributed by atoms with Crippen LogP contribution in [0.5, 0.6) is 0 Å². The lowest BCUT2D eigenvalue weighted by atomic mass is 10.1. The first kappa shape index (κ1) is 50.8. The number of fused-ring (bicyclic) bond motifs is 2. The number of amides is 6. The van der Waals surface area contributed by atoms with Gasteiger partial charge in [0, 0.05) is 85.9 Å². The van der Waals surface area contributed by atoms with E-state index in [0.29, 0.717) is 10.9 Å². The molecule has 73 heavy (non-hydrogen) atoms. The zero-order valence-corrected chi connectivity index (χ0v) is 41.1. The summed E-state index contributed by atoms with van der Waals surface area (Å²) in [6.07, 6.45) is 5.72. The average Bonchev–Trinajstić information content (AvgIpc) is 4.07. The molecule has 24 nitrogen and oxygen atoms in total. The minimum absolute atomic E-state index is 0.0170. The highest BCUT2D eigenvalue weighted by Crippen LogP contribution is 2.34. The number of benzene rings is 4. The molecule has 0 fully saturated rings. The van der Waals surface area contributed by atoms with E-state index < -0.39 is 80.1 Å². The highest BCUT2D eigenvalue weighted by atomic mass is 32.2. The normalized spacial score (nSPS) is 11.9. The molecule has 0 spiro atoms. The highest BCUT2D eigenvalue weighted by Gasteiger charge is 2.22. The van der Waals surface area contributed by atoms with Gasteiger partial charge in [-0.2, -0.15) is 0 Å². The van der Waals surface area contributed by atoms with Gasteiger partial charge >= 0.3 is 6.03 Å².